The monoisotopic (exact) mass is 424 g/mol. The summed E-state index contributed by atoms with van der Waals surface area (Å²) in [5.74, 6) is 0.509. The van der Waals surface area contributed by atoms with Gasteiger partial charge >= 0.3 is 0 Å². The summed E-state index contributed by atoms with van der Waals surface area (Å²) in [7, 11) is 1.61. The molecule has 3 aromatic rings. The molecule has 4 heteroatoms. The Kier molecular flexibility index (Phi) is 10.5. The molecule has 0 aliphatic carbocycles. The SMILES string of the molecule is CC.CN(C=O)CCO.Cc1ccc(C(C)(c2c[nH]c3c(C)cccc23)C(C)C)cc1. The molecule has 1 unspecified atom stereocenters. The Labute approximate surface area is 188 Å². The van der Waals surface area contributed by atoms with Crippen LogP contribution in [0.2, 0.25) is 0 Å². The van der Waals surface area contributed by atoms with Gasteiger partial charge in [0, 0.05) is 36.1 Å². The normalized spacial score (nSPS) is 12.3. The lowest BCUT2D eigenvalue weighted by atomic mass is 9.68. The third kappa shape index (κ3) is 6.20. The van der Waals surface area contributed by atoms with Gasteiger partial charge in [-0.05, 0) is 36.5 Å². The maximum atomic E-state index is 9.71. The molecule has 170 valence electrons. The van der Waals surface area contributed by atoms with E-state index in [1.54, 1.807) is 7.05 Å². The number of aliphatic hydroxyl groups excluding tert-OH is 1. The van der Waals surface area contributed by atoms with Gasteiger partial charge in [0.2, 0.25) is 6.41 Å². The summed E-state index contributed by atoms with van der Waals surface area (Å²) in [5, 5.41) is 9.51. The predicted octanol–water partition coefficient (Wildman–Crippen LogP) is 5.84. The number of hydrogen-bond acceptors (Lipinski definition) is 2. The van der Waals surface area contributed by atoms with Crippen molar-refractivity contribution in [3.05, 3.63) is 70.9 Å². The van der Waals surface area contributed by atoms with E-state index in [9.17, 15) is 4.79 Å². The van der Waals surface area contributed by atoms with Gasteiger partial charge in [-0.3, -0.25) is 4.79 Å². The number of rotatable bonds is 6. The second kappa shape index (κ2) is 12.3. The van der Waals surface area contributed by atoms with Crippen molar-refractivity contribution < 1.29 is 9.90 Å². The standard InChI is InChI=1S/C21H25N.C4H9NO2.C2H6/c1-14(2)21(5,17-11-9-15(3)10-12-17)19-13-22-20-16(4)7-6-8-18(19)20;1-5(4-7)2-3-6;1-2/h6-14,22H,1-5H3;4,6H,2-3H2,1H3;1-2H3. The third-order valence-electron chi connectivity index (χ3n) is 5.92. The van der Waals surface area contributed by atoms with Gasteiger partial charge in [0.15, 0.2) is 0 Å². The Morgan fingerprint density at radius 2 is 1.71 bits per heavy atom. The maximum absolute atomic E-state index is 9.71. The molecule has 2 aromatic carbocycles. The Morgan fingerprint density at radius 1 is 1.10 bits per heavy atom. The number of amides is 1. The minimum atomic E-state index is -0.000255. The van der Waals surface area contributed by atoms with Crippen molar-refractivity contribution in [2.24, 2.45) is 5.92 Å². The van der Waals surface area contributed by atoms with E-state index < -0.39 is 0 Å². The Hall–Kier alpha value is -2.59. The highest BCUT2D eigenvalue weighted by molar-refractivity contribution is 5.87. The van der Waals surface area contributed by atoms with Crippen molar-refractivity contribution in [2.45, 2.75) is 53.9 Å². The van der Waals surface area contributed by atoms with Crippen molar-refractivity contribution in [1.82, 2.24) is 9.88 Å². The number of nitrogens with one attached hydrogen (secondary N) is 1. The van der Waals surface area contributed by atoms with Crippen LogP contribution in [-0.4, -0.2) is 41.6 Å². The molecule has 0 aliphatic heterocycles. The molecule has 1 atom stereocenters. The van der Waals surface area contributed by atoms with Gasteiger partial charge in [0.25, 0.3) is 0 Å². The molecule has 0 saturated heterocycles. The minimum absolute atomic E-state index is 0.000255. The smallest absolute Gasteiger partial charge is 0.209 e. The summed E-state index contributed by atoms with van der Waals surface area (Å²) in [4.78, 5) is 14.6. The van der Waals surface area contributed by atoms with Crippen molar-refractivity contribution in [3.8, 4) is 0 Å². The number of carbonyl (C=O) groups excluding carboxylic acids is 1. The van der Waals surface area contributed by atoms with E-state index in [1.165, 1.54) is 38.1 Å². The van der Waals surface area contributed by atoms with Crippen molar-refractivity contribution in [2.75, 3.05) is 20.2 Å². The van der Waals surface area contributed by atoms with E-state index in [1.807, 2.05) is 13.8 Å². The molecular weight excluding hydrogens is 384 g/mol. The molecule has 0 spiro atoms. The van der Waals surface area contributed by atoms with E-state index in [0.717, 1.165) is 0 Å². The first-order valence-electron chi connectivity index (χ1n) is 11.2. The van der Waals surface area contributed by atoms with Gasteiger partial charge < -0.3 is 15.0 Å². The van der Waals surface area contributed by atoms with Crippen LogP contribution in [0, 0.1) is 19.8 Å². The first kappa shape index (κ1) is 26.4. The van der Waals surface area contributed by atoms with Crippen LogP contribution in [0.5, 0.6) is 0 Å². The molecule has 0 aliphatic rings. The molecule has 0 bridgehead atoms. The second-order valence-corrected chi connectivity index (χ2v) is 8.23. The zero-order valence-electron chi connectivity index (χ0n) is 20.5. The highest BCUT2D eigenvalue weighted by Gasteiger charge is 2.34. The third-order valence-corrected chi connectivity index (χ3v) is 5.92. The molecule has 1 amide bonds. The van der Waals surface area contributed by atoms with Gasteiger partial charge in [-0.1, -0.05) is 82.6 Å². The summed E-state index contributed by atoms with van der Waals surface area (Å²) >= 11 is 0. The fraction of sp³-hybridized carbons (Fsp3) is 0.444. The lowest BCUT2D eigenvalue weighted by Gasteiger charge is -2.35. The van der Waals surface area contributed by atoms with Crippen molar-refractivity contribution in [1.29, 1.82) is 0 Å². The summed E-state index contributed by atoms with van der Waals surface area (Å²) in [6, 6.07) is 15.6. The summed E-state index contributed by atoms with van der Waals surface area (Å²) in [6.45, 7) is 15.8. The molecule has 3 rings (SSSR count). The number of aliphatic hydroxyl groups is 1. The number of carbonyl (C=O) groups is 1. The number of benzene rings is 2. The van der Waals surface area contributed by atoms with Crippen LogP contribution in [0.25, 0.3) is 10.9 Å². The molecule has 0 radical (unpaired) electrons. The van der Waals surface area contributed by atoms with Crippen molar-refractivity contribution in [3.63, 3.8) is 0 Å². The molecule has 31 heavy (non-hydrogen) atoms. The van der Waals surface area contributed by atoms with Gasteiger partial charge in [0.05, 0.1) is 6.61 Å². The second-order valence-electron chi connectivity index (χ2n) is 8.23. The van der Waals surface area contributed by atoms with Crippen LogP contribution >= 0.6 is 0 Å². The Morgan fingerprint density at radius 3 is 2.19 bits per heavy atom. The number of aryl methyl sites for hydroxylation is 2. The van der Waals surface area contributed by atoms with Crippen LogP contribution in [0.3, 0.4) is 0 Å². The first-order chi connectivity index (χ1) is 14.7. The highest BCUT2D eigenvalue weighted by Crippen LogP contribution is 2.42. The van der Waals surface area contributed by atoms with Crippen LogP contribution < -0.4 is 0 Å². The fourth-order valence-corrected chi connectivity index (χ4v) is 3.65. The van der Waals surface area contributed by atoms with E-state index in [4.69, 9.17) is 5.11 Å². The van der Waals surface area contributed by atoms with Crippen LogP contribution in [0.4, 0.5) is 0 Å². The summed E-state index contributed by atoms with van der Waals surface area (Å²) < 4.78 is 0. The summed E-state index contributed by atoms with van der Waals surface area (Å²) in [5.41, 5.74) is 6.65. The number of likely N-dealkylation sites (N-methyl/N-ethyl adjacent to an activating group) is 1. The number of H-pyrrole nitrogens is 1. The number of aromatic amines is 1. The van der Waals surface area contributed by atoms with Crippen LogP contribution in [0.15, 0.2) is 48.7 Å². The number of fused-ring (bicyclic) bond motifs is 1. The minimum Gasteiger partial charge on any atom is -0.395 e. The molecule has 4 nitrogen and oxygen atoms in total. The maximum Gasteiger partial charge on any atom is 0.209 e. The Balaban J connectivity index is 0.000000457. The van der Waals surface area contributed by atoms with Crippen LogP contribution in [-0.2, 0) is 10.2 Å². The van der Waals surface area contributed by atoms with Gasteiger partial charge in [0.1, 0.15) is 0 Å². The lowest BCUT2D eigenvalue weighted by Crippen LogP contribution is -2.29. The summed E-state index contributed by atoms with van der Waals surface area (Å²) in [6.07, 6.45) is 2.88. The van der Waals surface area contributed by atoms with Crippen molar-refractivity contribution >= 4 is 17.3 Å². The van der Waals surface area contributed by atoms with E-state index in [-0.39, 0.29) is 12.0 Å². The highest BCUT2D eigenvalue weighted by atomic mass is 16.3. The first-order valence-corrected chi connectivity index (χ1v) is 11.2. The average Bonchev–Trinajstić information content (AvgIpc) is 3.21. The quantitative estimate of drug-likeness (QED) is 0.488. The lowest BCUT2D eigenvalue weighted by molar-refractivity contribution is -0.117. The molecular formula is C27H40N2O2. The zero-order chi connectivity index (χ0) is 23.6. The zero-order valence-corrected chi connectivity index (χ0v) is 20.5. The average molecular weight is 425 g/mol. The fourth-order valence-electron chi connectivity index (χ4n) is 3.65. The van der Waals surface area contributed by atoms with Gasteiger partial charge in [-0.2, -0.15) is 0 Å². The van der Waals surface area contributed by atoms with E-state index >= 15 is 0 Å². The van der Waals surface area contributed by atoms with E-state index in [0.29, 0.717) is 18.9 Å². The number of nitrogens with zero attached hydrogens (tertiary/aromatic N) is 1. The number of hydrogen-bond donors (Lipinski definition) is 2. The number of aromatic nitrogens is 1. The largest absolute Gasteiger partial charge is 0.395 e. The topological polar surface area (TPSA) is 56.3 Å². The molecule has 1 heterocycles. The van der Waals surface area contributed by atoms with Gasteiger partial charge in [-0.15, -0.1) is 0 Å². The van der Waals surface area contributed by atoms with E-state index in [2.05, 4.69) is 88.3 Å². The van der Waals surface area contributed by atoms with Crippen LogP contribution in [0.1, 0.15) is 56.9 Å². The van der Waals surface area contributed by atoms with Gasteiger partial charge in [-0.25, -0.2) is 0 Å². The molecule has 2 N–H and O–H groups in total. The molecule has 0 saturated carbocycles. The predicted molar refractivity (Wildman–Crippen MR) is 133 cm³/mol. The Bertz CT molecular complexity index is 928. The molecule has 0 fully saturated rings. The molecule has 1 aromatic heterocycles. The number of para-hydroxylation sites is 1.